The maximum Gasteiger partial charge on any atom is 0.242 e. The second kappa shape index (κ2) is 10.9. The van der Waals surface area contributed by atoms with E-state index in [9.17, 15) is 18.8 Å². The Morgan fingerprint density at radius 3 is 2.27 bits per heavy atom. The van der Waals surface area contributed by atoms with Gasteiger partial charge in [-0.1, -0.05) is 0 Å². The molecule has 0 bridgehead atoms. The summed E-state index contributed by atoms with van der Waals surface area (Å²) in [5.41, 5.74) is 5.92. The molecule has 3 N–H and O–H groups in total. The van der Waals surface area contributed by atoms with Crippen LogP contribution in [0.1, 0.15) is 17.3 Å². The molecule has 146 valence electrons. The van der Waals surface area contributed by atoms with Crippen LogP contribution in [-0.2, 0) is 9.59 Å². The molecular weight excluding hydrogens is 386 g/mol. The summed E-state index contributed by atoms with van der Waals surface area (Å²) in [6.45, 7) is 2.98. The van der Waals surface area contributed by atoms with E-state index in [1.54, 1.807) is 17.0 Å². The van der Waals surface area contributed by atoms with Crippen molar-refractivity contribution < 1.29 is 18.8 Å². The van der Waals surface area contributed by atoms with Crippen LogP contribution >= 0.6 is 24.8 Å². The third kappa shape index (κ3) is 6.12. The van der Waals surface area contributed by atoms with Gasteiger partial charge in [0.15, 0.2) is 5.78 Å². The Morgan fingerprint density at radius 1 is 1.15 bits per heavy atom. The smallest absolute Gasteiger partial charge is 0.242 e. The van der Waals surface area contributed by atoms with E-state index in [1.807, 2.05) is 4.90 Å². The van der Waals surface area contributed by atoms with Gasteiger partial charge in [0.1, 0.15) is 5.82 Å². The molecule has 10 heteroatoms. The molecule has 26 heavy (non-hydrogen) atoms. The number of rotatable bonds is 5. The second-order valence-electron chi connectivity index (χ2n) is 5.57. The number of hydrogen-bond donors (Lipinski definition) is 2. The Kier molecular flexibility index (Phi) is 10.1. The maximum absolute atomic E-state index is 14.2. The monoisotopic (exact) mass is 408 g/mol. The quantitative estimate of drug-likeness (QED) is 0.695. The van der Waals surface area contributed by atoms with Gasteiger partial charge < -0.3 is 20.9 Å². The lowest BCUT2D eigenvalue weighted by atomic mass is 10.1. The van der Waals surface area contributed by atoms with Crippen molar-refractivity contribution in [2.45, 2.75) is 6.92 Å². The molecule has 1 aliphatic heterocycles. The van der Waals surface area contributed by atoms with E-state index in [-0.39, 0.29) is 55.5 Å². The molecule has 1 aliphatic rings. The van der Waals surface area contributed by atoms with Gasteiger partial charge in [0, 0.05) is 31.7 Å². The van der Waals surface area contributed by atoms with Gasteiger partial charge in [0.2, 0.25) is 11.8 Å². The molecule has 1 aromatic carbocycles. The Labute approximate surface area is 163 Å². The van der Waals surface area contributed by atoms with Gasteiger partial charge in [-0.2, -0.15) is 0 Å². The van der Waals surface area contributed by atoms with Gasteiger partial charge in [-0.05, 0) is 25.1 Å². The van der Waals surface area contributed by atoms with Crippen LogP contribution in [0.3, 0.4) is 0 Å². The number of nitrogens with zero attached hydrogens (tertiary/aromatic N) is 2. The van der Waals surface area contributed by atoms with E-state index in [4.69, 9.17) is 5.73 Å². The van der Waals surface area contributed by atoms with Crippen LogP contribution in [0, 0.1) is 5.82 Å². The van der Waals surface area contributed by atoms with Crippen LogP contribution in [0.5, 0.6) is 0 Å². The lowest BCUT2D eigenvalue weighted by molar-refractivity contribution is -0.132. The largest absolute Gasteiger partial charge is 0.366 e. The van der Waals surface area contributed by atoms with E-state index < -0.39 is 5.82 Å². The van der Waals surface area contributed by atoms with Crippen LogP contribution in [0.15, 0.2) is 18.2 Å². The molecular formula is C16H23Cl2FN4O3. The Hall–Kier alpha value is -1.90. The Bertz CT molecular complexity index is 652. The maximum atomic E-state index is 14.2. The SMILES string of the molecule is CC(=O)c1ccc(N2CCN(C(=O)CNC(=O)CN)CC2)c(F)c1.Cl.Cl. The lowest BCUT2D eigenvalue weighted by Crippen LogP contribution is -2.51. The minimum Gasteiger partial charge on any atom is -0.366 e. The fourth-order valence-electron chi connectivity index (χ4n) is 2.54. The predicted molar refractivity (Wildman–Crippen MR) is 102 cm³/mol. The number of carbonyl (C=O) groups excluding carboxylic acids is 3. The normalized spacial score (nSPS) is 13.3. The van der Waals surface area contributed by atoms with Crippen molar-refractivity contribution in [1.82, 2.24) is 10.2 Å². The first kappa shape index (κ1) is 24.1. The third-order valence-corrected chi connectivity index (χ3v) is 3.95. The zero-order valence-corrected chi connectivity index (χ0v) is 16.0. The predicted octanol–water partition coefficient (Wildman–Crippen LogP) is 0.595. The molecule has 0 unspecified atom stereocenters. The third-order valence-electron chi connectivity index (χ3n) is 3.95. The summed E-state index contributed by atoms with van der Waals surface area (Å²) in [5, 5.41) is 2.44. The summed E-state index contributed by atoms with van der Waals surface area (Å²) >= 11 is 0. The van der Waals surface area contributed by atoms with Crippen LogP contribution in [0.4, 0.5) is 10.1 Å². The molecule has 7 nitrogen and oxygen atoms in total. The molecule has 2 amide bonds. The number of carbonyl (C=O) groups is 3. The second-order valence-corrected chi connectivity index (χ2v) is 5.57. The number of amides is 2. The number of anilines is 1. The van der Waals surface area contributed by atoms with Crippen LogP contribution in [-0.4, -0.2) is 61.8 Å². The summed E-state index contributed by atoms with van der Waals surface area (Å²) in [6, 6.07) is 4.42. The molecule has 2 rings (SSSR count). The molecule has 1 aromatic rings. The molecule has 0 aromatic heterocycles. The van der Waals surface area contributed by atoms with Crippen molar-refractivity contribution in [3.63, 3.8) is 0 Å². The van der Waals surface area contributed by atoms with E-state index in [0.717, 1.165) is 0 Å². The van der Waals surface area contributed by atoms with E-state index in [1.165, 1.54) is 13.0 Å². The fourth-order valence-corrected chi connectivity index (χ4v) is 2.54. The summed E-state index contributed by atoms with van der Waals surface area (Å²) in [5.74, 6) is -1.20. The van der Waals surface area contributed by atoms with Crippen molar-refractivity contribution in [1.29, 1.82) is 0 Å². The minimum absolute atomic E-state index is 0. The molecule has 0 spiro atoms. The van der Waals surface area contributed by atoms with Crippen molar-refractivity contribution in [2.75, 3.05) is 44.2 Å². The summed E-state index contributed by atoms with van der Waals surface area (Å²) in [7, 11) is 0. The van der Waals surface area contributed by atoms with Crippen LogP contribution < -0.4 is 16.0 Å². The fraction of sp³-hybridized carbons (Fsp3) is 0.438. The molecule has 0 aliphatic carbocycles. The van der Waals surface area contributed by atoms with Crippen molar-refractivity contribution in [3.05, 3.63) is 29.6 Å². The summed E-state index contributed by atoms with van der Waals surface area (Å²) in [4.78, 5) is 37.8. The van der Waals surface area contributed by atoms with Crippen LogP contribution in [0.2, 0.25) is 0 Å². The van der Waals surface area contributed by atoms with E-state index >= 15 is 0 Å². The first-order valence-electron chi connectivity index (χ1n) is 7.72. The highest BCUT2D eigenvalue weighted by Gasteiger charge is 2.23. The molecule has 1 fully saturated rings. The standard InChI is InChI=1S/C16H21FN4O3.2ClH/c1-11(22)12-2-3-14(13(17)8-12)20-4-6-21(7-5-20)16(24)10-19-15(23)9-18;;/h2-3,8H,4-7,9-10,18H2,1H3,(H,19,23);2*1H. The van der Waals surface area contributed by atoms with Crippen molar-refractivity contribution in [2.24, 2.45) is 5.73 Å². The Morgan fingerprint density at radius 2 is 1.77 bits per heavy atom. The first-order valence-corrected chi connectivity index (χ1v) is 7.72. The highest BCUT2D eigenvalue weighted by atomic mass is 35.5. The number of piperazine rings is 1. The van der Waals surface area contributed by atoms with Gasteiger partial charge in [-0.3, -0.25) is 14.4 Å². The number of hydrogen-bond acceptors (Lipinski definition) is 5. The summed E-state index contributed by atoms with van der Waals surface area (Å²) in [6.07, 6.45) is 0. The number of ketones is 1. The van der Waals surface area contributed by atoms with Crippen LogP contribution in [0.25, 0.3) is 0 Å². The first-order chi connectivity index (χ1) is 11.4. The number of Topliss-reactive ketones (excluding diaryl/α,β-unsaturated/α-hetero) is 1. The molecule has 1 saturated heterocycles. The average molecular weight is 409 g/mol. The van der Waals surface area contributed by atoms with Gasteiger partial charge >= 0.3 is 0 Å². The van der Waals surface area contributed by atoms with Gasteiger partial charge in [-0.25, -0.2) is 4.39 Å². The highest BCUT2D eigenvalue weighted by molar-refractivity contribution is 5.94. The van der Waals surface area contributed by atoms with Gasteiger partial charge in [0.05, 0.1) is 18.8 Å². The minimum atomic E-state index is -0.447. The van der Waals surface area contributed by atoms with Gasteiger partial charge in [-0.15, -0.1) is 24.8 Å². The molecule has 0 atom stereocenters. The number of benzene rings is 1. The molecule has 1 heterocycles. The molecule has 0 saturated carbocycles. The zero-order valence-electron chi connectivity index (χ0n) is 14.4. The number of nitrogens with one attached hydrogen (secondary N) is 1. The van der Waals surface area contributed by atoms with Gasteiger partial charge in [0.25, 0.3) is 0 Å². The lowest BCUT2D eigenvalue weighted by Gasteiger charge is -2.36. The van der Waals surface area contributed by atoms with E-state index in [0.29, 0.717) is 37.4 Å². The summed E-state index contributed by atoms with van der Waals surface area (Å²) < 4.78 is 14.2. The van der Waals surface area contributed by atoms with E-state index in [2.05, 4.69) is 5.32 Å². The number of nitrogens with two attached hydrogens (primary N) is 1. The van der Waals surface area contributed by atoms with Crippen molar-refractivity contribution in [3.8, 4) is 0 Å². The van der Waals surface area contributed by atoms with Crippen molar-refractivity contribution >= 4 is 48.1 Å². The number of halogens is 3. The Balaban J connectivity index is 0.00000312. The average Bonchev–Trinajstić information content (AvgIpc) is 2.59. The zero-order chi connectivity index (χ0) is 17.7. The highest BCUT2D eigenvalue weighted by Crippen LogP contribution is 2.22. The topological polar surface area (TPSA) is 95.7 Å². The molecule has 0 radical (unpaired) electrons.